The van der Waals surface area contributed by atoms with Crippen molar-refractivity contribution in [2.45, 2.75) is 19.3 Å². The molecular formula is C20H25N3O2. The Morgan fingerprint density at radius 2 is 2.24 bits per heavy atom. The molecule has 1 amide bonds. The van der Waals surface area contributed by atoms with E-state index in [4.69, 9.17) is 11.2 Å². The van der Waals surface area contributed by atoms with Gasteiger partial charge in [-0.25, -0.2) is 0 Å². The molecule has 0 radical (unpaired) electrons. The SMILES string of the molecule is C#CCN1CCC(C(=O)NCCc2c[nH]c3ccc(OC)cc23)CC1. The van der Waals surface area contributed by atoms with Gasteiger partial charge < -0.3 is 15.0 Å². The zero-order chi connectivity index (χ0) is 17.6. The lowest BCUT2D eigenvalue weighted by atomic mass is 9.96. The number of amides is 1. The van der Waals surface area contributed by atoms with Crippen LogP contribution in [-0.2, 0) is 11.2 Å². The summed E-state index contributed by atoms with van der Waals surface area (Å²) in [4.78, 5) is 17.9. The van der Waals surface area contributed by atoms with Gasteiger partial charge >= 0.3 is 0 Å². The number of aromatic nitrogens is 1. The molecule has 0 spiro atoms. The number of nitrogens with zero attached hydrogens (tertiary/aromatic N) is 1. The van der Waals surface area contributed by atoms with Gasteiger partial charge in [0.05, 0.1) is 13.7 Å². The molecule has 1 saturated heterocycles. The molecule has 1 aliphatic heterocycles. The van der Waals surface area contributed by atoms with E-state index in [1.165, 1.54) is 5.56 Å². The van der Waals surface area contributed by atoms with E-state index in [0.29, 0.717) is 13.1 Å². The summed E-state index contributed by atoms with van der Waals surface area (Å²) in [6.07, 6.45) is 9.92. The summed E-state index contributed by atoms with van der Waals surface area (Å²) in [7, 11) is 1.67. The smallest absolute Gasteiger partial charge is 0.223 e. The van der Waals surface area contributed by atoms with Gasteiger partial charge in [0.1, 0.15) is 5.75 Å². The van der Waals surface area contributed by atoms with E-state index in [-0.39, 0.29) is 11.8 Å². The number of methoxy groups -OCH3 is 1. The number of piperidine rings is 1. The normalized spacial score (nSPS) is 15.8. The van der Waals surface area contributed by atoms with Crippen LogP contribution in [0.4, 0.5) is 0 Å². The number of benzene rings is 1. The quantitative estimate of drug-likeness (QED) is 0.793. The highest BCUT2D eigenvalue weighted by Gasteiger charge is 2.24. The number of H-pyrrole nitrogens is 1. The number of rotatable bonds is 6. The highest BCUT2D eigenvalue weighted by molar-refractivity contribution is 5.84. The molecule has 3 rings (SSSR count). The fourth-order valence-corrected chi connectivity index (χ4v) is 3.44. The van der Waals surface area contributed by atoms with Crippen molar-refractivity contribution in [1.29, 1.82) is 0 Å². The standard InChI is InChI=1S/C20H25N3O2/c1-3-10-23-11-7-15(8-12-23)20(24)21-9-6-16-14-22-19-5-4-17(25-2)13-18(16)19/h1,4-5,13-15,22H,6-12H2,2H3,(H,21,24). The van der Waals surface area contributed by atoms with E-state index < -0.39 is 0 Å². The Kier molecular flexibility index (Phi) is 5.62. The summed E-state index contributed by atoms with van der Waals surface area (Å²) >= 11 is 0. The predicted octanol–water partition coefficient (Wildman–Crippen LogP) is 2.18. The van der Waals surface area contributed by atoms with Gasteiger partial charge in [0.2, 0.25) is 5.91 Å². The van der Waals surface area contributed by atoms with Gasteiger partial charge in [0, 0.05) is 29.6 Å². The lowest BCUT2D eigenvalue weighted by Gasteiger charge is -2.29. The maximum absolute atomic E-state index is 12.4. The molecule has 132 valence electrons. The lowest BCUT2D eigenvalue weighted by molar-refractivity contribution is -0.126. The first-order valence-electron chi connectivity index (χ1n) is 8.79. The van der Waals surface area contributed by atoms with Crippen molar-refractivity contribution in [3.05, 3.63) is 30.0 Å². The number of terminal acetylenes is 1. The number of aromatic amines is 1. The number of carbonyl (C=O) groups is 1. The summed E-state index contributed by atoms with van der Waals surface area (Å²) in [5.41, 5.74) is 2.28. The number of fused-ring (bicyclic) bond motifs is 1. The van der Waals surface area contributed by atoms with Crippen LogP contribution in [0.15, 0.2) is 24.4 Å². The molecule has 5 nitrogen and oxygen atoms in total. The van der Waals surface area contributed by atoms with E-state index >= 15 is 0 Å². The molecule has 5 heteroatoms. The first-order valence-corrected chi connectivity index (χ1v) is 8.79. The van der Waals surface area contributed by atoms with Crippen LogP contribution in [0.5, 0.6) is 5.75 Å². The second-order valence-corrected chi connectivity index (χ2v) is 6.52. The van der Waals surface area contributed by atoms with Crippen molar-refractivity contribution >= 4 is 16.8 Å². The first-order chi connectivity index (χ1) is 12.2. The molecule has 1 aromatic heterocycles. The van der Waals surface area contributed by atoms with Crippen molar-refractivity contribution in [3.8, 4) is 18.1 Å². The fraction of sp³-hybridized carbons (Fsp3) is 0.450. The van der Waals surface area contributed by atoms with Crippen LogP contribution in [0, 0.1) is 18.3 Å². The van der Waals surface area contributed by atoms with Crippen LogP contribution in [0.2, 0.25) is 0 Å². The minimum atomic E-state index is 0.108. The van der Waals surface area contributed by atoms with Gasteiger partial charge in [-0.1, -0.05) is 5.92 Å². The molecule has 1 fully saturated rings. The van der Waals surface area contributed by atoms with Gasteiger partial charge in [-0.2, -0.15) is 0 Å². The van der Waals surface area contributed by atoms with E-state index in [9.17, 15) is 4.79 Å². The summed E-state index contributed by atoms with van der Waals surface area (Å²) in [5, 5.41) is 4.24. The number of nitrogens with one attached hydrogen (secondary N) is 2. The Morgan fingerprint density at radius 3 is 2.96 bits per heavy atom. The van der Waals surface area contributed by atoms with Crippen LogP contribution < -0.4 is 10.1 Å². The van der Waals surface area contributed by atoms with Crippen LogP contribution in [-0.4, -0.2) is 49.1 Å². The first kappa shape index (κ1) is 17.4. The number of likely N-dealkylation sites (tertiary alicyclic amines) is 1. The molecule has 0 unspecified atom stereocenters. The average molecular weight is 339 g/mol. The molecular weight excluding hydrogens is 314 g/mol. The molecule has 0 bridgehead atoms. The van der Waals surface area contributed by atoms with Gasteiger partial charge in [-0.3, -0.25) is 9.69 Å². The van der Waals surface area contributed by atoms with Crippen molar-refractivity contribution in [2.75, 3.05) is 33.3 Å². The van der Waals surface area contributed by atoms with E-state index in [1.807, 2.05) is 24.4 Å². The minimum absolute atomic E-state index is 0.108. The monoisotopic (exact) mass is 339 g/mol. The van der Waals surface area contributed by atoms with Crippen LogP contribution >= 0.6 is 0 Å². The molecule has 2 heterocycles. The number of hydrogen-bond acceptors (Lipinski definition) is 3. The number of ether oxygens (including phenoxy) is 1. The Balaban J connectivity index is 1.50. The zero-order valence-electron chi connectivity index (χ0n) is 14.7. The second kappa shape index (κ2) is 8.09. The van der Waals surface area contributed by atoms with Crippen molar-refractivity contribution < 1.29 is 9.53 Å². The highest BCUT2D eigenvalue weighted by Crippen LogP contribution is 2.24. The molecule has 1 aliphatic rings. The summed E-state index contributed by atoms with van der Waals surface area (Å²) in [6.45, 7) is 3.14. The fourth-order valence-electron chi connectivity index (χ4n) is 3.44. The maximum atomic E-state index is 12.4. The lowest BCUT2D eigenvalue weighted by Crippen LogP contribution is -2.41. The Labute approximate surface area is 148 Å². The summed E-state index contributed by atoms with van der Waals surface area (Å²) < 4.78 is 5.29. The third-order valence-electron chi connectivity index (χ3n) is 4.94. The molecule has 0 aliphatic carbocycles. The van der Waals surface area contributed by atoms with Gasteiger partial charge in [-0.05, 0) is 56.1 Å². The Morgan fingerprint density at radius 1 is 1.44 bits per heavy atom. The molecule has 25 heavy (non-hydrogen) atoms. The largest absolute Gasteiger partial charge is 0.497 e. The Hall–Kier alpha value is -2.45. The third-order valence-corrected chi connectivity index (χ3v) is 4.94. The number of hydrogen-bond donors (Lipinski definition) is 2. The average Bonchev–Trinajstić information content (AvgIpc) is 3.04. The number of carbonyl (C=O) groups excluding carboxylic acids is 1. The van der Waals surface area contributed by atoms with E-state index in [1.54, 1.807) is 7.11 Å². The van der Waals surface area contributed by atoms with Gasteiger partial charge in [0.15, 0.2) is 0 Å². The van der Waals surface area contributed by atoms with Crippen LogP contribution in [0.3, 0.4) is 0 Å². The molecule has 0 saturated carbocycles. The topological polar surface area (TPSA) is 57.4 Å². The zero-order valence-corrected chi connectivity index (χ0v) is 14.7. The van der Waals surface area contributed by atoms with Gasteiger partial charge in [-0.15, -0.1) is 6.42 Å². The van der Waals surface area contributed by atoms with Crippen molar-refractivity contribution in [1.82, 2.24) is 15.2 Å². The Bertz CT molecular complexity index is 767. The maximum Gasteiger partial charge on any atom is 0.223 e. The molecule has 0 atom stereocenters. The second-order valence-electron chi connectivity index (χ2n) is 6.52. The van der Waals surface area contributed by atoms with Crippen LogP contribution in [0.25, 0.3) is 10.9 Å². The van der Waals surface area contributed by atoms with Crippen LogP contribution in [0.1, 0.15) is 18.4 Å². The van der Waals surface area contributed by atoms with Crippen molar-refractivity contribution in [3.63, 3.8) is 0 Å². The molecule has 1 aromatic carbocycles. The van der Waals surface area contributed by atoms with Gasteiger partial charge in [0.25, 0.3) is 0 Å². The third kappa shape index (κ3) is 4.15. The van der Waals surface area contributed by atoms with E-state index in [2.05, 4.69) is 21.1 Å². The predicted molar refractivity (Wildman–Crippen MR) is 99.6 cm³/mol. The highest BCUT2D eigenvalue weighted by atomic mass is 16.5. The van der Waals surface area contributed by atoms with Crippen molar-refractivity contribution in [2.24, 2.45) is 5.92 Å². The minimum Gasteiger partial charge on any atom is -0.497 e. The molecule has 2 aromatic rings. The molecule has 2 N–H and O–H groups in total. The summed E-state index contributed by atoms with van der Waals surface area (Å²) in [5.74, 6) is 3.78. The summed E-state index contributed by atoms with van der Waals surface area (Å²) in [6, 6.07) is 5.99. The van der Waals surface area contributed by atoms with E-state index in [0.717, 1.165) is 49.0 Å².